The molecule has 5 N–H and O–H groups in total. The van der Waals surface area contributed by atoms with Gasteiger partial charge in [-0.25, -0.2) is 0 Å². The fourth-order valence-electron chi connectivity index (χ4n) is 1.25. The summed E-state index contributed by atoms with van der Waals surface area (Å²) in [5.41, 5.74) is 5.32. The minimum absolute atomic E-state index is 0.202. The summed E-state index contributed by atoms with van der Waals surface area (Å²) in [5.74, 6) is 0.295. The van der Waals surface area contributed by atoms with E-state index in [0.29, 0.717) is 12.3 Å². The molecule has 0 bridgehead atoms. The van der Waals surface area contributed by atoms with Crippen LogP contribution in [0, 0.1) is 0 Å². The quantitative estimate of drug-likeness (QED) is 0.150. The fourth-order valence-corrected chi connectivity index (χ4v) is 1.25. The zero-order valence-electron chi connectivity index (χ0n) is 9.45. The number of hydrogen-bond donors (Lipinski definition) is 4. The third-order valence-electron chi connectivity index (χ3n) is 2.14. The zero-order valence-corrected chi connectivity index (χ0v) is 9.45. The summed E-state index contributed by atoms with van der Waals surface area (Å²) in [5, 5.41) is 23.5. The van der Waals surface area contributed by atoms with Crippen LogP contribution in [-0.4, -0.2) is 35.3 Å². The molecule has 0 aliphatic heterocycles. The van der Waals surface area contributed by atoms with Crippen LogP contribution in [0.5, 0.6) is 0 Å². The summed E-state index contributed by atoms with van der Waals surface area (Å²) in [6.07, 6.45) is 4.23. The lowest BCUT2D eigenvalue weighted by Crippen LogP contribution is -2.18. The van der Waals surface area contributed by atoms with E-state index in [1.807, 2.05) is 0 Å². The molecule has 0 aromatic carbocycles. The molecule has 0 rings (SSSR count). The normalized spacial score (nSPS) is 14.1. The van der Waals surface area contributed by atoms with Crippen molar-refractivity contribution in [1.82, 2.24) is 5.32 Å². The molecule has 15 heavy (non-hydrogen) atoms. The molecule has 0 spiro atoms. The van der Waals surface area contributed by atoms with Gasteiger partial charge in [-0.1, -0.05) is 5.16 Å². The predicted octanol–water partition coefficient (Wildman–Crippen LogP) is 0.654. The number of nitrogens with zero attached hydrogens (tertiary/aromatic N) is 1. The van der Waals surface area contributed by atoms with Crippen molar-refractivity contribution >= 4 is 5.84 Å². The van der Waals surface area contributed by atoms with Gasteiger partial charge in [0, 0.05) is 6.42 Å². The number of amidine groups is 1. The molecule has 5 heteroatoms. The molecular weight excluding hydrogens is 194 g/mol. The lowest BCUT2D eigenvalue weighted by molar-refractivity contribution is 0.181. The maximum Gasteiger partial charge on any atom is 0.139 e. The molecule has 0 heterocycles. The van der Waals surface area contributed by atoms with E-state index in [0.717, 1.165) is 38.8 Å². The number of hydrogen-bond acceptors (Lipinski definition) is 4. The van der Waals surface area contributed by atoms with E-state index in [2.05, 4.69) is 10.5 Å². The van der Waals surface area contributed by atoms with Crippen LogP contribution >= 0.6 is 0 Å². The van der Waals surface area contributed by atoms with E-state index < -0.39 is 0 Å². The van der Waals surface area contributed by atoms with Crippen molar-refractivity contribution in [2.75, 3.05) is 13.1 Å². The van der Waals surface area contributed by atoms with Gasteiger partial charge in [0.2, 0.25) is 0 Å². The maximum absolute atomic E-state index is 9.00. The molecule has 0 aliphatic rings. The van der Waals surface area contributed by atoms with E-state index in [1.165, 1.54) is 0 Å². The van der Waals surface area contributed by atoms with Crippen LogP contribution in [0.3, 0.4) is 0 Å². The summed E-state index contributed by atoms with van der Waals surface area (Å²) in [7, 11) is 0. The molecular formula is C10H23N3O2. The number of unbranched alkanes of at least 4 members (excludes halogenated alkanes) is 1. The third kappa shape index (κ3) is 11.1. The molecule has 1 unspecified atom stereocenters. The Hall–Kier alpha value is -0.810. The number of oxime groups is 1. The number of aliphatic hydroxyl groups excluding tert-OH is 1. The van der Waals surface area contributed by atoms with Gasteiger partial charge in [-0.2, -0.15) is 0 Å². The second-order valence-electron chi connectivity index (χ2n) is 3.79. The van der Waals surface area contributed by atoms with E-state index in [9.17, 15) is 0 Å². The summed E-state index contributed by atoms with van der Waals surface area (Å²) in [4.78, 5) is 0. The molecule has 0 amide bonds. The standard InChI is InChI=1S/C10H23N3O2/c1-9(14)5-4-8-12-7-3-2-6-10(11)13-15/h9,12,14-15H,2-8H2,1H3,(H2,11,13). The zero-order chi connectivity index (χ0) is 11.5. The van der Waals surface area contributed by atoms with Crippen molar-refractivity contribution in [1.29, 1.82) is 0 Å². The average molecular weight is 217 g/mol. The minimum Gasteiger partial charge on any atom is -0.409 e. The Kier molecular flexibility index (Phi) is 9.21. The first-order chi connectivity index (χ1) is 7.16. The van der Waals surface area contributed by atoms with Crippen LogP contribution in [0.4, 0.5) is 0 Å². The second-order valence-corrected chi connectivity index (χ2v) is 3.79. The largest absolute Gasteiger partial charge is 0.409 e. The van der Waals surface area contributed by atoms with Gasteiger partial charge in [-0.05, 0) is 45.7 Å². The predicted molar refractivity (Wildman–Crippen MR) is 61.0 cm³/mol. The molecule has 0 aromatic rings. The SMILES string of the molecule is CC(O)CCCNCCCCC(N)=NO. The highest BCUT2D eigenvalue weighted by Crippen LogP contribution is 1.95. The highest BCUT2D eigenvalue weighted by atomic mass is 16.4. The number of rotatable bonds is 9. The van der Waals surface area contributed by atoms with Gasteiger partial charge in [-0.3, -0.25) is 0 Å². The number of nitrogens with one attached hydrogen (secondary N) is 1. The van der Waals surface area contributed by atoms with Gasteiger partial charge >= 0.3 is 0 Å². The van der Waals surface area contributed by atoms with Crippen molar-refractivity contribution in [3.63, 3.8) is 0 Å². The van der Waals surface area contributed by atoms with Gasteiger partial charge in [0.15, 0.2) is 0 Å². The Bertz CT molecular complexity index is 172. The summed E-state index contributed by atoms with van der Waals surface area (Å²) in [6, 6.07) is 0. The smallest absolute Gasteiger partial charge is 0.139 e. The Morgan fingerprint density at radius 1 is 1.33 bits per heavy atom. The highest BCUT2D eigenvalue weighted by molar-refractivity contribution is 5.79. The topological polar surface area (TPSA) is 90.9 Å². The van der Waals surface area contributed by atoms with Crippen molar-refractivity contribution in [2.45, 2.75) is 45.1 Å². The van der Waals surface area contributed by atoms with Crippen LogP contribution in [0.2, 0.25) is 0 Å². The Balaban J connectivity index is 3.05. The first kappa shape index (κ1) is 14.2. The van der Waals surface area contributed by atoms with E-state index in [-0.39, 0.29) is 6.10 Å². The van der Waals surface area contributed by atoms with E-state index in [1.54, 1.807) is 6.92 Å². The highest BCUT2D eigenvalue weighted by Gasteiger charge is 1.96. The van der Waals surface area contributed by atoms with Gasteiger partial charge < -0.3 is 21.4 Å². The molecule has 1 atom stereocenters. The van der Waals surface area contributed by atoms with Crippen LogP contribution in [-0.2, 0) is 0 Å². The first-order valence-electron chi connectivity index (χ1n) is 5.52. The molecule has 5 nitrogen and oxygen atoms in total. The van der Waals surface area contributed by atoms with E-state index in [4.69, 9.17) is 16.0 Å². The maximum atomic E-state index is 9.00. The first-order valence-corrected chi connectivity index (χ1v) is 5.52. The van der Waals surface area contributed by atoms with Gasteiger partial charge in [-0.15, -0.1) is 0 Å². The average Bonchev–Trinajstić information content (AvgIpc) is 2.21. The second kappa shape index (κ2) is 9.73. The van der Waals surface area contributed by atoms with Crippen LogP contribution in [0.25, 0.3) is 0 Å². The summed E-state index contributed by atoms with van der Waals surface area (Å²) >= 11 is 0. The third-order valence-corrected chi connectivity index (χ3v) is 2.14. The molecule has 0 saturated heterocycles. The van der Waals surface area contributed by atoms with Gasteiger partial charge in [0.05, 0.1) is 6.10 Å². The molecule has 0 aromatic heterocycles. The van der Waals surface area contributed by atoms with Crippen molar-refractivity contribution in [3.8, 4) is 0 Å². The summed E-state index contributed by atoms with van der Waals surface area (Å²) < 4.78 is 0. The molecule has 90 valence electrons. The summed E-state index contributed by atoms with van der Waals surface area (Å²) in [6.45, 7) is 3.68. The number of aliphatic hydroxyl groups is 1. The molecule has 0 radical (unpaired) electrons. The lowest BCUT2D eigenvalue weighted by Gasteiger charge is -2.05. The Morgan fingerprint density at radius 2 is 2.00 bits per heavy atom. The van der Waals surface area contributed by atoms with Crippen LogP contribution in [0.15, 0.2) is 5.16 Å². The monoisotopic (exact) mass is 217 g/mol. The molecule has 0 aliphatic carbocycles. The Morgan fingerprint density at radius 3 is 2.60 bits per heavy atom. The van der Waals surface area contributed by atoms with Gasteiger partial charge in [0.25, 0.3) is 0 Å². The lowest BCUT2D eigenvalue weighted by atomic mass is 10.2. The van der Waals surface area contributed by atoms with Gasteiger partial charge in [0.1, 0.15) is 5.84 Å². The van der Waals surface area contributed by atoms with Crippen LogP contribution in [0.1, 0.15) is 39.0 Å². The van der Waals surface area contributed by atoms with Crippen molar-refractivity contribution in [3.05, 3.63) is 0 Å². The molecule has 0 saturated carbocycles. The number of nitrogens with two attached hydrogens (primary N) is 1. The Labute approximate surface area is 91.4 Å². The van der Waals surface area contributed by atoms with Crippen molar-refractivity contribution in [2.24, 2.45) is 10.9 Å². The van der Waals surface area contributed by atoms with Crippen molar-refractivity contribution < 1.29 is 10.3 Å². The fraction of sp³-hybridized carbons (Fsp3) is 0.900. The minimum atomic E-state index is -0.202. The van der Waals surface area contributed by atoms with E-state index >= 15 is 0 Å². The van der Waals surface area contributed by atoms with Crippen LogP contribution < -0.4 is 11.1 Å². The molecule has 0 fully saturated rings.